The number of hydrogen-bond donors (Lipinski definition) is 2. The Hall–Kier alpha value is -3.68. The fourth-order valence-corrected chi connectivity index (χ4v) is 4.51. The average molecular weight is 466 g/mol. The molecule has 0 radical (unpaired) electrons. The van der Waals surface area contributed by atoms with Crippen molar-refractivity contribution < 1.29 is 23.9 Å². The van der Waals surface area contributed by atoms with E-state index in [1.54, 1.807) is 16.8 Å². The van der Waals surface area contributed by atoms with E-state index in [1.807, 2.05) is 30.3 Å². The summed E-state index contributed by atoms with van der Waals surface area (Å²) in [7, 11) is 0. The number of halogens is 1. The fourth-order valence-electron chi connectivity index (χ4n) is 4.51. The average Bonchev–Trinajstić information content (AvgIpc) is 3.38. The normalized spacial score (nSPS) is 17.8. The van der Waals surface area contributed by atoms with Crippen LogP contribution in [0.1, 0.15) is 35.7 Å². The highest BCUT2D eigenvalue weighted by Gasteiger charge is 2.39. The summed E-state index contributed by atoms with van der Waals surface area (Å²) in [6, 6.07) is 13.7. The van der Waals surface area contributed by atoms with Crippen LogP contribution in [-0.2, 0) is 22.6 Å². The van der Waals surface area contributed by atoms with E-state index >= 15 is 0 Å². The molecule has 178 valence electrons. The van der Waals surface area contributed by atoms with Gasteiger partial charge in [-0.05, 0) is 43.5 Å². The predicted molar refractivity (Wildman–Crippen MR) is 126 cm³/mol. The Bertz CT molecular complexity index is 1210. The smallest absolute Gasteiger partial charge is 0.243 e. The van der Waals surface area contributed by atoms with Gasteiger partial charge in [0.2, 0.25) is 11.8 Å². The van der Waals surface area contributed by atoms with Gasteiger partial charge in [0, 0.05) is 35.6 Å². The number of ketones is 1. The van der Waals surface area contributed by atoms with Crippen molar-refractivity contribution in [3.05, 3.63) is 65.9 Å². The standard InChI is InChI=1S/C26H28FN3O4/c1-17(31)22-15-29(23-10-9-20(32)13-21(22)23)16-25(33)30-14-19(27)12-24(30)26(34)28-11-5-8-18-6-3-2-4-7-18/h2-4,6-7,9-10,13,15,19,24,32H,5,8,11-12,14,16H2,1H3,(H,28,34)/t19-,24+/m1/s1. The van der Waals surface area contributed by atoms with E-state index in [1.165, 1.54) is 29.5 Å². The molecular weight excluding hydrogens is 437 g/mol. The van der Waals surface area contributed by atoms with Crippen molar-refractivity contribution >= 4 is 28.5 Å². The van der Waals surface area contributed by atoms with Crippen molar-refractivity contribution in [1.29, 1.82) is 0 Å². The summed E-state index contributed by atoms with van der Waals surface area (Å²) in [4.78, 5) is 39.2. The molecule has 3 aromatic rings. The van der Waals surface area contributed by atoms with Crippen molar-refractivity contribution in [2.75, 3.05) is 13.1 Å². The number of benzene rings is 2. The van der Waals surface area contributed by atoms with Crippen LogP contribution < -0.4 is 5.32 Å². The molecule has 1 aliphatic rings. The number of carbonyl (C=O) groups excluding carboxylic acids is 3. The number of phenols is 1. The minimum absolute atomic E-state index is 0.0166. The second kappa shape index (κ2) is 10.1. The molecule has 1 saturated heterocycles. The van der Waals surface area contributed by atoms with E-state index in [9.17, 15) is 23.9 Å². The number of aryl methyl sites for hydroxylation is 1. The Morgan fingerprint density at radius 2 is 1.91 bits per heavy atom. The number of nitrogens with zero attached hydrogens (tertiary/aromatic N) is 2. The lowest BCUT2D eigenvalue weighted by Crippen LogP contribution is -2.47. The molecular formula is C26H28FN3O4. The summed E-state index contributed by atoms with van der Waals surface area (Å²) >= 11 is 0. The summed E-state index contributed by atoms with van der Waals surface area (Å²) in [5.41, 5.74) is 2.17. The summed E-state index contributed by atoms with van der Waals surface area (Å²) in [5, 5.41) is 13.2. The van der Waals surface area contributed by atoms with E-state index in [4.69, 9.17) is 0 Å². The van der Waals surface area contributed by atoms with Crippen LogP contribution in [0.5, 0.6) is 5.75 Å². The highest BCUT2D eigenvalue weighted by atomic mass is 19.1. The van der Waals surface area contributed by atoms with E-state index in [-0.39, 0.29) is 37.0 Å². The van der Waals surface area contributed by atoms with Gasteiger partial charge in [-0.3, -0.25) is 14.4 Å². The van der Waals surface area contributed by atoms with Crippen LogP contribution in [0, 0.1) is 0 Å². The molecule has 0 saturated carbocycles. The first-order chi connectivity index (χ1) is 16.3. The van der Waals surface area contributed by atoms with Crippen LogP contribution >= 0.6 is 0 Å². The lowest BCUT2D eigenvalue weighted by atomic mass is 10.1. The quantitative estimate of drug-likeness (QED) is 0.395. The van der Waals surface area contributed by atoms with Gasteiger partial charge in [-0.15, -0.1) is 0 Å². The third kappa shape index (κ3) is 5.11. The third-order valence-corrected chi connectivity index (χ3v) is 6.21. The Morgan fingerprint density at radius 3 is 2.65 bits per heavy atom. The molecule has 34 heavy (non-hydrogen) atoms. The maximum atomic E-state index is 14.2. The molecule has 1 aromatic heterocycles. The first-order valence-corrected chi connectivity index (χ1v) is 11.4. The Morgan fingerprint density at radius 1 is 1.15 bits per heavy atom. The van der Waals surface area contributed by atoms with Crippen molar-refractivity contribution in [1.82, 2.24) is 14.8 Å². The van der Waals surface area contributed by atoms with Gasteiger partial charge in [0.25, 0.3) is 0 Å². The molecule has 0 bridgehead atoms. The molecule has 2 atom stereocenters. The third-order valence-electron chi connectivity index (χ3n) is 6.21. The number of likely N-dealkylation sites (tertiary alicyclic amines) is 1. The summed E-state index contributed by atoms with van der Waals surface area (Å²) in [6.07, 6.45) is 1.82. The van der Waals surface area contributed by atoms with Crippen molar-refractivity contribution in [2.45, 2.75) is 44.9 Å². The summed E-state index contributed by atoms with van der Waals surface area (Å²) < 4.78 is 15.9. The van der Waals surface area contributed by atoms with E-state index in [2.05, 4.69) is 5.32 Å². The minimum atomic E-state index is -1.27. The molecule has 2 amide bonds. The number of rotatable bonds is 8. The predicted octanol–water partition coefficient (Wildman–Crippen LogP) is 3.24. The molecule has 4 rings (SSSR count). The van der Waals surface area contributed by atoms with E-state index in [0.29, 0.717) is 23.0 Å². The first-order valence-electron chi connectivity index (χ1n) is 11.4. The van der Waals surface area contributed by atoms with E-state index < -0.39 is 18.1 Å². The number of phenolic OH excluding ortho intramolecular Hbond substituents is 1. The number of carbonyl (C=O) groups is 3. The number of nitrogens with one attached hydrogen (secondary N) is 1. The van der Waals surface area contributed by atoms with Crippen LogP contribution in [0.3, 0.4) is 0 Å². The summed E-state index contributed by atoms with van der Waals surface area (Å²) in [5.74, 6) is -0.930. The molecule has 2 N–H and O–H groups in total. The van der Waals surface area contributed by atoms with Gasteiger partial charge in [-0.25, -0.2) is 4.39 Å². The lowest BCUT2D eigenvalue weighted by Gasteiger charge is -2.24. The molecule has 7 nitrogen and oxygen atoms in total. The van der Waals surface area contributed by atoms with Gasteiger partial charge in [-0.1, -0.05) is 30.3 Å². The SMILES string of the molecule is CC(=O)c1cn(CC(=O)N2C[C@H](F)C[C@H]2C(=O)NCCCc2ccccc2)c2ccc(O)cc12. The van der Waals surface area contributed by atoms with E-state index in [0.717, 1.165) is 12.8 Å². The number of aromatic nitrogens is 1. The largest absolute Gasteiger partial charge is 0.508 e. The van der Waals surface area contributed by atoms with Crippen LogP contribution in [0.2, 0.25) is 0 Å². The molecule has 0 spiro atoms. The Balaban J connectivity index is 1.42. The van der Waals surface area contributed by atoms with Gasteiger partial charge >= 0.3 is 0 Å². The number of amides is 2. The van der Waals surface area contributed by atoms with Gasteiger partial charge < -0.3 is 19.9 Å². The molecule has 0 aliphatic carbocycles. The number of aromatic hydroxyl groups is 1. The summed E-state index contributed by atoms with van der Waals surface area (Å²) in [6.45, 7) is 1.58. The number of Topliss-reactive ketones (excluding diaryl/α,β-unsaturated/α-hetero) is 1. The first kappa shape index (κ1) is 23.5. The zero-order chi connectivity index (χ0) is 24.2. The molecule has 1 aliphatic heterocycles. The van der Waals surface area contributed by atoms with Crippen LogP contribution in [0.4, 0.5) is 4.39 Å². The van der Waals surface area contributed by atoms with Crippen molar-refractivity contribution in [3.63, 3.8) is 0 Å². The Kier molecular flexibility index (Phi) is 6.95. The van der Waals surface area contributed by atoms with Crippen LogP contribution in [-0.4, -0.2) is 57.5 Å². The monoisotopic (exact) mass is 465 g/mol. The molecule has 0 unspecified atom stereocenters. The maximum absolute atomic E-state index is 14.2. The van der Waals surface area contributed by atoms with Gasteiger partial charge in [0.05, 0.1) is 6.54 Å². The Labute approximate surface area is 197 Å². The highest BCUT2D eigenvalue weighted by molar-refractivity contribution is 6.07. The second-order valence-electron chi connectivity index (χ2n) is 8.70. The number of hydrogen-bond acceptors (Lipinski definition) is 4. The molecule has 2 aromatic carbocycles. The second-order valence-corrected chi connectivity index (χ2v) is 8.70. The van der Waals surface area contributed by atoms with Crippen molar-refractivity contribution in [3.8, 4) is 5.75 Å². The van der Waals surface area contributed by atoms with Gasteiger partial charge in [0.15, 0.2) is 5.78 Å². The number of alkyl halides is 1. The maximum Gasteiger partial charge on any atom is 0.243 e. The molecule has 8 heteroatoms. The zero-order valence-corrected chi connectivity index (χ0v) is 19.0. The van der Waals surface area contributed by atoms with Crippen molar-refractivity contribution in [2.24, 2.45) is 0 Å². The van der Waals surface area contributed by atoms with Crippen LogP contribution in [0.25, 0.3) is 10.9 Å². The highest BCUT2D eigenvalue weighted by Crippen LogP contribution is 2.27. The zero-order valence-electron chi connectivity index (χ0n) is 19.0. The lowest BCUT2D eigenvalue weighted by molar-refractivity contribution is -0.138. The topological polar surface area (TPSA) is 91.6 Å². The van der Waals surface area contributed by atoms with Crippen LogP contribution in [0.15, 0.2) is 54.7 Å². The number of fused-ring (bicyclic) bond motifs is 1. The van der Waals surface area contributed by atoms with Gasteiger partial charge in [0.1, 0.15) is 24.5 Å². The fraction of sp³-hybridized carbons (Fsp3) is 0.346. The van der Waals surface area contributed by atoms with Gasteiger partial charge in [-0.2, -0.15) is 0 Å². The molecule has 1 fully saturated rings. The molecule has 2 heterocycles. The minimum Gasteiger partial charge on any atom is -0.508 e.